The Hall–Kier alpha value is -2.26. The van der Waals surface area contributed by atoms with Crippen molar-refractivity contribution >= 4 is 5.82 Å². The van der Waals surface area contributed by atoms with Gasteiger partial charge in [0, 0.05) is 26.4 Å². The van der Waals surface area contributed by atoms with Gasteiger partial charge in [-0.15, -0.1) is 0 Å². The fraction of sp³-hybridized carbons (Fsp3) is 0.583. The molecule has 1 atom stereocenters. The molecule has 2 aromatic rings. The van der Waals surface area contributed by atoms with Crippen molar-refractivity contribution in [1.29, 1.82) is 0 Å². The average Bonchev–Trinajstić information content (AvgIpc) is 3.28. The third kappa shape index (κ3) is 5.30. The van der Waals surface area contributed by atoms with Crippen LogP contribution in [-0.2, 0) is 17.3 Å². The molecule has 180 valence electrons. The first-order valence-corrected chi connectivity index (χ1v) is 11.4. The summed E-state index contributed by atoms with van der Waals surface area (Å²) in [6.07, 6.45) is 1.92. The van der Waals surface area contributed by atoms with Crippen molar-refractivity contribution in [2.45, 2.75) is 57.2 Å². The molecular formula is C24H29F4N3O2. The van der Waals surface area contributed by atoms with Gasteiger partial charge in [-0.05, 0) is 68.1 Å². The molecule has 9 heteroatoms. The molecular weight excluding hydrogens is 438 g/mol. The highest BCUT2D eigenvalue weighted by atomic mass is 19.4. The van der Waals surface area contributed by atoms with Crippen LogP contribution < -0.4 is 4.90 Å². The molecule has 0 unspecified atom stereocenters. The Morgan fingerprint density at radius 2 is 1.82 bits per heavy atom. The molecule has 0 saturated carbocycles. The number of hydrogen-bond donors (Lipinski definition) is 1. The van der Waals surface area contributed by atoms with Crippen LogP contribution >= 0.6 is 0 Å². The van der Waals surface area contributed by atoms with Crippen LogP contribution in [0.2, 0.25) is 0 Å². The molecule has 2 fully saturated rings. The first kappa shape index (κ1) is 23.9. The van der Waals surface area contributed by atoms with E-state index in [0.717, 1.165) is 31.4 Å². The lowest BCUT2D eigenvalue weighted by Crippen LogP contribution is -2.31. The zero-order valence-corrected chi connectivity index (χ0v) is 18.5. The van der Waals surface area contributed by atoms with Gasteiger partial charge in [-0.1, -0.05) is 12.1 Å². The van der Waals surface area contributed by atoms with Crippen molar-refractivity contribution in [3.63, 3.8) is 0 Å². The number of aliphatic hydroxyl groups is 1. The molecule has 0 bridgehead atoms. The predicted octanol–water partition coefficient (Wildman–Crippen LogP) is 5.09. The van der Waals surface area contributed by atoms with E-state index in [1.165, 1.54) is 18.5 Å². The van der Waals surface area contributed by atoms with Crippen molar-refractivity contribution in [2.75, 3.05) is 31.3 Å². The second-order valence-corrected chi connectivity index (χ2v) is 9.02. The number of ether oxygens (including phenoxy) is 1. The minimum absolute atomic E-state index is 0.0824. The van der Waals surface area contributed by atoms with Crippen LogP contribution in [0.1, 0.15) is 61.4 Å². The van der Waals surface area contributed by atoms with Gasteiger partial charge in [-0.3, -0.25) is 0 Å². The lowest BCUT2D eigenvalue weighted by Gasteiger charge is -2.37. The van der Waals surface area contributed by atoms with Crippen molar-refractivity contribution in [2.24, 2.45) is 5.41 Å². The second-order valence-electron chi connectivity index (χ2n) is 9.02. The number of hydrogen-bond acceptors (Lipinski definition) is 5. The van der Waals surface area contributed by atoms with Gasteiger partial charge >= 0.3 is 6.18 Å². The Morgan fingerprint density at radius 3 is 2.48 bits per heavy atom. The molecule has 3 heterocycles. The number of benzene rings is 1. The van der Waals surface area contributed by atoms with Crippen LogP contribution in [0.4, 0.5) is 23.4 Å². The van der Waals surface area contributed by atoms with Crippen LogP contribution in [0.25, 0.3) is 0 Å². The van der Waals surface area contributed by atoms with Gasteiger partial charge < -0.3 is 14.7 Å². The number of rotatable bonds is 7. The summed E-state index contributed by atoms with van der Waals surface area (Å²) in [5.41, 5.74) is 0.267. The van der Waals surface area contributed by atoms with E-state index in [0.29, 0.717) is 56.7 Å². The van der Waals surface area contributed by atoms with E-state index in [1.807, 2.05) is 4.90 Å². The summed E-state index contributed by atoms with van der Waals surface area (Å²) in [7, 11) is 0. The SMILES string of the molecule is OCCC1(CCc2ncnc(N3CCC[C@@H]3c3ccc(C(F)(F)F)cc3)c2F)CCOCC1. The maximum absolute atomic E-state index is 15.5. The summed E-state index contributed by atoms with van der Waals surface area (Å²) in [5, 5.41) is 9.51. The third-order valence-corrected chi connectivity index (χ3v) is 7.08. The monoisotopic (exact) mass is 467 g/mol. The molecule has 0 radical (unpaired) electrons. The zero-order chi connectivity index (χ0) is 23.5. The second kappa shape index (κ2) is 9.93. The van der Waals surface area contributed by atoms with Crippen LogP contribution in [0.5, 0.6) is 0 Å². The Labute approximate surface area is 190 Å². The third-order valence-electron chi connectivity index (χ3n) is 7.08. The van der Waals surface area contributed by atoms with Gasteiger partial charge in [0.1, 0.15) is 6.33 Å². The molecule has 1 aromatic heterocycles. The Morgan fingerprint density at radius 1 is 1.09 bits per heavy atom. The number of nitrogens with zero attached hydrogens (tertiary/aromatic N) is 3. The Balaban J connectivity index is 1.52. The van der Waals surface area contributed by atoms with Gasteiger partial charge in [-0.25, -0.2) is 14.4 Å². The van der Waals surface area contributed by atoms with Crippen LogP contribution in [0, 0.1) is 11.2 Å². The topological polar surface area (TPSA) is 58.5 Å². The number of anilines is 1. The fourth-order valence-electron chi connectivity index (χ4n) is 5.08. The predicted molar refractivity (Wildman–Crippen MR) is 115 cm³/mol. The van der Waals surface area contributed by atoms with Crippen LogP contribution in [0.15, 0.2) is 30.6 Å². The summed E-state index contributed by atoms with van der Waals surface area (Å²) in [5.74, 6) is -0.270. The molecule has 0 amide bonds. The number of halogens is 4. The normalized spacial score (nSPS) is 20.9. The molecule has 0 spiro atoms. The van der Waals surface area contributed by atoms with E-state index in [1.54, 1.807) is 0 Å². The van der Waals surface area contributed by atoms with Crippen molar-refractivity contribution in [3.8, 4) is 0 Å². The van der Waals surface area contributed by atoms with E-state index in [2.05, 4.69) is 9.97 Å². The first-order valence-electron chi connectivity index (χ1n) is 11.4. The van der Waals surface area contributed by atoms with E-state index in [9.17, 15) is 18.3 Å². The molecule has 4 rings (SSSR count). The standard InChI is InChI=1S/C24H29F4N3O2/c25-21-19(7-8-23(9-13-32)10-14-33-15-11-23)29-16-30-22(21)31-12-1-2-20(31)17-3-5-18(6-4-17)24(26,27)28/h3-6,16,20,32H,1-2,7-15H2/t20-/m1/s1. The highest BCUT2D eigenvalue weighted by Gasteiger charge is 2.35. The van der Waals surface area contributed by atoms with E-state index in [-0.39, 0.29) is 23.9 Å². The molecule has 1 N–H and O–H groups in total. The molecule has 0 aliphatic carbocycles. The van der Waals surface area contributed by atoms with Crippen molar-refractivity contribution in [1.82, 2.24) is 9.97 Å². The largest absolute Gasteiger partial charge is 0.416 e. The minimum atomic E-state index is -4.39. The first-order chi connectivity index (χ1) is 15.8. The van der Waals surface area contributed by atoms with Gasteiger partial charge in [0.05, 0.1) is 17.3 Å². The summed E-state index contributed by atoms with van der Waals surface area (Å²) < 4.78 is 59.7. The molecule has 2 saturated heterocycles. The highest BCUT2D eigenvalue weighted by Crippen LogP contribution is 2.40. The Bertz CT molecular complexity index is 925. The maximum atomic E-state index is 15.5. The fourth-order valence-corrected chi connectivity index (χ4v) is 5.08. The quantitative estimate of drug-likeness (QED) is 0.575. The Kier molecular flexibility index (Phi) is 7.19. The summed E-state index contributed by atoms with van der Waals surface area (Å²) >= 11 is 0. The molecule has 5 nitrogen and oxygen atoms in total. The van der Waals surface area contributed by atoms with Crippen LogP contribution in [-0.4, -0.2) is 41.4 Å². The van der Waals surface area contributed by atoms with E-state index >= 15 is 4.39 Å². The van der Waals surface area contributed by atoms with Gasteiger partial charge in [0.25, 0.3) is 0 Å². The maximum Gasteiger partial charge on any atom is 0.416 e. The minimum Gasteiger partial charge on any atom is -0.396 e. The number of aromatic nitrogens is 2. The lowest BCUT2D eigenvalue weighted by atomic mass is 9.73. The smallest absolute Gasteiger partial charge is 0.396 e. The summed E-state index contributed by atoms with van der Waals surface area (Å²) in [6, 6.07) is 4.84. The number of aliphatic hydroxyl groups excluding tert-OH is 1. The lowest BCUT2D eigenvalue weighted by molar-refractivity contribution is -0.137. The van der Waals surface area contributed by atoms with Crippen LogP contribution in [0.3, 0.4) is 0 Å². The average molecular weight is 468 g/mol. The van der Waals surface area contributed by atoms with E-state index < -0.39 is 17.6 Å². The molecule has 2 aliphatic heterocycles. The van der Waals surface area contributed by atoms with Gasteiger partial charge in [0.2, 0.25) is 0 Å². The molecule has 33 heavy (non-hydrogen) atoms. The van der Waals surface area contributed by atoms with E-state index in [4.69, 9.17) is 4.74 Å². The van der Waals surface area contributed by atoms with Crippen molar-refractivity contribution < 1.29 is 27.4 Å². The highest BCUT2D eigenvalue weighted by molar-refractivity contribution is 5.46. The summed E-state index contributed by atoms with van der Waals surface area (Å²) in [4.78, 5) is 10.2. The van der Waals surface area contributed by atoms with Crippen molar-refractivity contribution in [3.05, 3.63) is 53.2 Å². The summed E-state index contributed by atoms with van der Waals surface area (Å²) in [6.45, 7) is 1.94. The van der Waals surface area contributed by atoms with Gasteiger partial charge in [-0.2, -0.15) is 13.2 Å². The zero-order valence-electron chi connectivity index (χ0n) is 18.5. The number of alkyl halides is 3. The van der Waals surface area contributed by atoms with Gasteiger partial charge in [0.15, 0.2) is 11.6 Å². The molecule has 2 aliphatic rings. The molecule has 1 aromatic carbocycles. The number of aryl methyl sites for hydroxylation is 1.